The number of fused-ring (bicyclic) bond motifs is 1. The summed E-state index contributed by atoms with van der Waals surface area (Å²) in [5, 5.41) is 69.5. The molecule has 6 amide bonds. The number of amides is 6. The minimum absolute atomic E-state index is 0.0423. The van der Waals surface area contributed by atoms with Gasteiger partial charge < -0.3 is 60.6 Å². The first-order valence-corrected chi connectivity index (χ1v) is 22.5. The maximum absolute atomic E-state index is 14.0. The smallest absolute Gasteiger partial charge is 0.413 e. The Morgan fingerprint density at radius 3 is 2.21 bits per heavy atom. The predicted octanol–water partition coefficient (Wildman–Crippen LogP) is 2.07. The lowest BCUT2D eigenvalue weighted by molar-refractivity contribution is -0.139. The van der Waals surface area contributed by atoms with E-state index in [1.165, 1.54) is 59.6 Å². The third-order valence-corrected chi connectivity index (χ3v) is 12.2. The predicted molar refractivity (Wildman–Crippen MR) is 242 cm³/mol. The van der Waals surface area contributed by atoms with E-state index in [0.717, 1.165) is 0 Å². The monoisotopic (exact) mass is 971 g/mol. The number of hydrogen-bond donors (Lipinski definition) is 10. The van der Waals surface area contributed by atoms with Crippen molar-refractivity contribution >= 4 is 53.0 Å². The van der Waals surface area contributed by atoms with Crippen LogP contribution in [0.5, 0.6) is 11.5 Å². The molecule has 1 aliphatic heterocycles. The number of likely N-dealkylation sites (tertiary alicyclic amines) is 1. The summed E-state index contributed by atoms with van der Waals surface area (Å²) in [5.74, 6) is -2.18. The molecule has 0 unspecified atom stereocenters. The zero-order chi connectivity index (χ0) is 50.1. The molecule has 2 aromatic carbocycles. The van der Waals surface area contributed by atoms with Gasteiger partial charge in [0.2, 0.25) is 17.7 Å². The number of alkyl carbamates (subject to hydrolysis) is 1. The molecule has 8 atom stereocenters. The third kappa shape index (κ3) is 14.4. The molecule has 2 aliphatic rings. The van der Waals surface area contributed by atoms with Crippen molar-refractivity contribution in [3.05, 3.63) is 81.8 Å². The third-order valence-electron chi connectivity index (χ3n) is 11.1. The summed E-state index contributed by atoms with van der Waals surface area (Å²) >= 11 is 1.25. The van der Waals surface area contributed by atoms with Crippen LogP contribution in [-0.4, -0.2) is 158 Å². The Balaban J connectivity index is 1.19. The van der Waals surface area contributed by atoms with Crippen molar-refractivity contribution in [1.29, 1.82) is 5.41 Å². The van der Waals surface area contributed by atoms with Crippen LogP contribution in [0.2, 0.25) is 0 Å². The SMILES string of the molecule is C[C@H](O)[C@H](O)[C@@H](O)[C@@H](O)CN(CC(=O)NCCOC[C@@]12C[C@@H]1N(C(=O)CNC(=O)c1ccc(Oc3ccc(F)cc3)cc1)[C@H](C(=O)N[C@H](C)c1cc(C(=N)NC(=O)OC(C)(C)C)cs1)C2)C(=O)O. The summed E-state index contributed by atoms with van der Waals surface area (Å²) < 4.78 is 30.1. The van der Waals surface area contributed by atoms with Gasteiger partial charge in [-0.05, 0) is 102 Å². The first-order chi connectivity index (χ1) is 32.0. The van der Waals surface area contributed by atoms with Gasteiger partial charge in [-0.3, -0.25) is 34.8 Å². The summed E-state index contributed by atoms with van der Waals surface area (Å²) in [6.07, 6.45) is -8.59. The fourth-order valence-corrected chi connectivity index (χ4v) is 8.38. The molecule has 2 heterocycles. The van der Waals surface area contributed by atoms with Crippen LogP contribution in [0.25, 0.3) is 0 Å². The maximum atomic E-state index is 14.0. The summed E-state index contributed by atoms with van der Waals surface area (Å²) in [6.45, 7) is 6.03. The fraction of sp³-hybridized carbons (Fsp3) is 0.489. The number of nitrogens with one attached hydrogen (secondary N) is 5. The average molecular weight is 972 g/mol. The van der Waals surface area contributed by atoms with Gasteiger partial charge in [0.1, 0.15) is 59.7 Å². The number of rotatable bonds is 21. The zero-order valence-corrected chi connectivity index (χ0v) is 38.9. The van der Waals surface area contributed by atoms with Gasteiger partial charge in [0.15, 0.2) is 0 Å². The Bertz CT molecular complexity index is 2290. The van der Waals surface area contributed by atoms with Gasteiger partial charge in [-0.25, -0.2) is 14.0 Å². The number of hydrogen-bond acceptors (Lipinski definition) is 15. The molecule has 10 N–H and O–H groups in total. The highest BCUT2D eigenvalue weighted by molar-refractivity contribution is 7.10. The molecule has 21 nitrogen and oxygen atoms in total. The number of carboxylic acid groups (broad SMARTS) is 1. The van der Waals surface area contributed by atoms with Crippen LogP contribution < -0.4 is 26.0 Å². The molecular formula is C45H58FN7O14S. The molecule has 2 fully saturated rings. The minimum atomic E-state index is -1.89. The standard InChI is InChI=1S/C45H58FN7O14S/c1-24(33-16-27(22-68-33)39(47)51-42(62)67-44(3,4)5)50-41(61)31-17-45(23-65-15-14-48-35(56)21-52(43(63)64)20-32(55)38(59)37(58)25(2)54)18-34(45)53(31)36(57)19-49-40(60)26-6-10-29(11-7-26)66-30-12-8-28(46)9-13-30/h6-13,16,22,24-25,31-32,34,37-38,54-55,58-59H,14-15,17-21,23H2,1-5H3,(H,48,56)(H,49,60)(H,50,61)(H,63,64)(H2,47,51,62)/t24-,25+,31+,32+,34+,37+,38+,45-/m1/s1. The molecule has 23 heteroatoms. The van der Waals surface area contributed by atoms with Crippen molar-refractivity contribution in [2.75, 3.05) is 39.4 Å². The number of ether oxygens (including phenoxy) is 3. The number of piperidine rings is 1. The number of benzene rings is 2. The van der Waals surface area contributed by atoms with Gasteiger partial charge in [-0.2, -0.15) is 0 Å². The van der Waals surface area contributed by atoms with Crippen molar-refractivity contribution in [3.63, 3.8) is 0 Å². The van der Waals surface area contributed by atoms with E-state index in [9.17, 15) is 58.7 Å². The Morgan fingerprint density at radius 1 is 0.941 bits per heavy atom. The van der Waals surface area contributed by atoms with Crippen LogP contribution in [0.15, 0.2) is 60.0 Å². The number of aliphatic hydroxyl groups is 4. The Labute approximate surface area is 395 Å². The highest BCUT2D eigenvalue weighted by atomic mass is 32.1. The van der Waals surface area contributed by atoms with Crippen LogP contribution in [0, 0.1) is 16.6 Å². The second-order valence-electron chi connectivity index (χ2n) is 17.7. The van der Waals surface area contributed by atoms with Crippen molar-refractivity contribution in [2.45, 2.75) is 95.6 Å². The Morgan fingerprint density at radius 2 is 1.59 bits per heavy atom. The van der Waals surface area contributed by atoms with E-state index in [2.05, 4.69) is 21.3 Å². The number of amidine groups is 1. The van der Waals surface area contributed by atoms with Crippen LogP contribution >= 0.6 is 11.3 Å². The summed E-state index contributed by atoms with van der Waals surface area (Å²) in [6, 6.07) is 11.1. The van der Waals surface area contributed by atoms with Crippen LogP contribution in [0.4, 0.5) is 14.0 Å². The number of aliphatic hydroxyl groups excluding tert-OH is 4. The molecule has 0 radical (unpaired) electrons. The summed E-state index contributed by atoms with van der Waals surface area (Å²) in [5.41, 5.74) is -0.817. The Hall–Kier alpha value is -6.24. The van der Waals surface area contributed by atoms with Crippen molar-refractivity contribution in [2.24, 2.45) is 5.41 Å². The van der Waals surface area contributed by atoms with Crippen LogP contribution in [0.1, 0.15) is 74.3 Å². The van der Waals surface area contributed by atoms with Crippen molar-refractivity contribution in [1.82, 2.24) is 31.1 Å². The second kappa shape index (κ2) is 22.7. The average Bonchev–Trinajstić information content (AvgIpc) is 3.56. The molecule has 1 aliphatic carbocycles. The molecule has 3 aromatic rings. The van der Waals surface area contributed by atoms with E-state index in [4.69, 9.17) is 19.6 Å². The van der Waals surface area contributed by atoms with Crippen molar-refractivity contribution < 1.29 is 72.9 Å². The molecular weight excluding hydrogens is 914 g/mol. The molecule has 0 spiro atoms. The lowest BCUT2D eigenvalue weighted by Gasteiger charge is -2.28. The minimum Gasteiger partial charge on any atom is -0.465 e. The number of carbonyl (C=O) groups is 6. The van der Waals surface area contributed by atoms with E-state index >= 15 is 0 Å². The topological polar surface area (TPSA) is 310 Å². The molecule has 1 aromatic heterocycles. The largest absolute Gasteiger partial charge is 0.465 e. The lowest BCUT2D eigenvalue weighted by atomic mass is 10.00. The van der Waals surface area contributed by atoms with Gasteiger partial charge in [0.25, 0.3) is 5.91 Å². The normalized spacial score (nSPS) is 19.5. The van der Waals surface area contributed by atoms with Gasteiger partial charge in [0, 0.05) is 39.4 Å². The van der Waals surface area contributed by atoms with Crippen LogP contribution in [-0.2, 0) is 23.9 Å². The quantitative estimate of drug-likeness (QED) is 0.0416. The second-order valence-corrected chi connectivity index (χ2v) is 18.6. The van der Waals surface area contributed by atoms with Crippen molar-refractivity contribution in [3.8, 4) is 11.5 Å². The first-order valence-electron chi connectivity index (χ1n) is 21.6. The Kier molecular flexibility index (Phi) is 17.6. The van der Waals surface area contributed by atoms with Gasteiger partial charge in [-0.1, -0.05) is 0 Å². The van der Waals surface area contributed by atoms with Crippen LogP contribution in [0.3, 0.4) is 0 Å². The van der Waals surface area contributed by atoms with E-state index in [1.807, 2.05) is 0 Å². The van der Waals surface area contributed by atoms with Gasteiger partial charge in [0.05, 0.1) is 38.4 Å². The van der Waals surface area contributed by atoms with Gasteiger partial charge in [-0.15, -0.1) is 11.3 Å². The molecule has 370 valence electrons. The number of halogens is 1. The molecule has 0 bridgehead atoms. The van der Waals surface area contributed by atoms with E-state index < -0.39 is 115 Å². The molecule has 5 rings (SSSR count). The molecule has 68 heavy (non-hydrogen) atoms. The summed E-state index contributed by atoms with van der Waals surface area (Å²) in [4.78, 5) is 80.4. The number of carbonyl (C=O) groups excluding carboxylic acids is 5. The molecule has 1 saturated carbocycles. The highest BCUT2D eigenvalue weighted by Gasteiger charge is 2.67. The zero-order valence-electron chi connectivity index (χ0n) is 38.1. The maximum Gasteiger partial charge on any atom is 0.413 e. The van der Waals surface area contributed by atoms with E-state index in [1.54, 1.807) is 51.3 Å². The first kappa shape index (κ1) is 52.7. The summed E-state index contributed by atoms with van der Waals surface area (Å²) in [7, 11) is 0. The fourth-order valence-electron chi connectivity index (χ4n) is 7.48. The number of nitrogens with zero attached hydrogens (tertiary/aromatic N) is 2. The van der Waals surface area contributed by atoms with E-state index in [0.29, 0.717) is 33.3 Å². The lowest BCUT2D eigenvalue weighted by Crippen LogP contribution is -2.51. The number of thiophene rings is 1. The highest BCUT2D eigenvalue weighted by Crippen LogP contribution is 2.59. The van der Waals surface area contributed by atoms with E-state index in [-0.39, 0.29) is 37.6 Å². The molecule has 1 saturated heterocycles. The van der Waals surface area contributed by atoms with Gasteiger partial charge >= 0.3 is 12.2 Å².